The zero-order valence-electron chi connectivity index (χ0n) is 21.9. The van der Waals surface area contributed by atoms with Crippen LogP contribution in [-0.2, 0) is 29.8 Å². The molecule has 1 aromatic heterocycles. The first kappa shape index (κ1) is 27.7. The fourth-order valence-corrected chi connectivity index (χ4v) is 4.48. The van der Waals surface area contributed by atoms with E-state index < -0.39 is 29.6 Å². The molecule has 1 fully saturated rings. The summed E-state index contributed by atoms with van der Waals surface area (Å²) in [6.07, 6.45) is -0.577. The van der Waals surface area contributed by atoms with Crippen molar-refractivity contribution < 1.29 is 37.4 Å². The number of alkyl halides is 2. The second-order valence-electron chi connectivity index (χ2n) is 9.46. The van der Waals surface area contributed by atoms with Gasteiger partial charge in [-0.1, -0.05) is 44.2 Å². The van der Waals surface area contributed by atoms with Crippen LogP contribution in [0, 0.1) is 5.92 Å². The molecule has 3 heterocycles. The Morgan fingerprint density at radius 3 is 2.26 bits per heavy atom. The Hall–Kier alpha value is -4.28. The van der Waals surface area contributed by atoms with Gasteiger partial charge in [-0.05, 0) is 29.5 Å². The summed E-state index contributed by atoms with van der Waals surface area (Å²) >= 11 is 0. The quantitative estimate of drug-likeness (QED) is 0.341. The molecule has 2 aliphatic rings. The lowest BCUT2D eigenvalue weighted by atomic mass is 10.0. The lowest BCUT2D eigenvalue weighted by molar-refractivity contribution is -0.147. The van der Waals surface area contributed by atoms with Gasteiger partial charge in [0, 0.05) is 16.6 Å². The molecule has 0 aliphatic carbocycles. The number of carbonyl (C=O) groups excluding carboxylic acids is 3. The lowest BCUT2D eigenvalue weighted by Gasteiger charge is -2.17. The maximum Gasteiger partial charge on any atom is 0.414 e. The summed E-state index contributed by atoms with van der Waals surface area (Å²) in [5.41, 5.74) is 0.0333. The molecule has 0 saturated carbocycles. The fraction of sp³-hybridized carbons (Fsp3) is 0.357. The Morgan fingerprint density at radius 2 is 1.67 bits per heavy atom. The third-order valence-corrected chi connectivity index (χ3v) is 6.69. The minimum absolute atomic E-state index is 0.0865. The maximum absolute atomic E-state index is 15.0. The van der Waals surface area contributed by atoms with Crippen LogP contribution < -0.4 is 10.5 Å². The van der Waals surface area contributed by atoms with Gasteiger partial charge in [-0.2, -0.15) is 8.78 Å². The van der Waals surface area contributed by atoms with Crippen molar-refractivity contribution in [1.29, 1.82) is 0 Å². The Balaban J connectivity index is 0.000000303. The number of carbonyl (C=O) groups is 3. The minimum Gasteiger partial charge on any atom is -0.469 e. The van der Waals surface area contributed by atoms with E-state index in [-0.39, 0.29) is 41.5 Å². The number of pyridine rings is 1. The lowest BCUT2D eigenvalue weighted by Crippen LogP contribution is -2.32. The van der Waals surface area contributed by atoms with Crippen molar-refractivity contribution in [3.05, 3.63) is 64.4 Å². The molecule has 5 rings (SSSR count). The van der Waals surface area contributed by atoms with Crippen LogP contribution >= 0.6 is 0 Å². The molecule has 39 heavy (non-hydrogen) atoms. The number of halogens is 2. The normalized spacial score (nSPS) is 16.7. The number of rotatable bonds is 5. The topological polar surface area (TPSA) is 104 Å². The van der Waals surface area contributed by atoms with Crippen LogP contribution in [-0.4, -0.2) is 49.5 Å². The average Bonchev–Trinajstić information content (AvgIpc) is 3.42. The van der Waals surface area contributed by atoms with E-state index in [0.717, 1.165) is 0 Å². The number of hydrogen-bond acceptors (Lipinski definition) is 7. The first-order valence-corrected chi connectivity index (χ1v) is 12.3. The molecule has 2 aliphatic heterocycles. The van der Waals surface area contributed by atoms with Gasteiger partial charge in [0.15, 0.2) is 0 Å². The van der Waals surface area contributed by atoms with Gasteiger partial charge in [-0.3, -0.25) is 19.3 Å². The van der Waals surface area contributed by atoms with E-state index >= 15 is 8.78 Å². The van der Waals surface area contributed by atoms with E-state index in [4.69, 9.17) is 4.74 Å². The minimum atomic E-state index is -3.43. The number of methoxy groups -OCH3 is 2. The van der Waals surface area contributed by atoms with Crippen LogP contribution in [0.4, 0.5) is 19.3 Å². The van der Waals surface area contributed by atoms with Crippen LogP contribution in [0.25, 0.3) is 22.0 Å². The van der Waals surface area contributed by atoms with Gasteiger partial charge in [-0.15, -0.1) is 0 Å². The predicted octanol–water partition coefficient (Wildman–Crippen LogP) is 4.67. The Labute approximate surface area is 222 Å². The third-order valence-electron chi connectivity index (χ3n) is 6.69. The number of benzene rings is 2. The summed E-state index contributed by atoms with van der Waals surface area (Å²) in [7, 11) is 2.55. The number of esters is 2. The highest BCUT2D eigenvalue weighted by Crippen LogP contribution is 2.45. The van der Waals surface area contributed by atoms with Gasteiger partial charge in [0.1, 0.15) is 6.10 Å². The predicted molar refractivity (Wildman–Crippen MR) is 139 cm³/mol. The monoisotopic (exact) mass is 542 g/mol. The molecule has 0 spiro atoms. The number of ether oxygens (including phenoxy) is 3. The maximum atomic E-state index is 15.0. The standard InChI is InChI=1S/C22H18F2N2O3.C6H10O4/c1-12(2)19-11-25(21(28)29-19)14-8-7-13-9-18-15-5-3-4-6-17(15)22(23,24)26(18)20(27)16(13)10-14;1-9-5(7)3-4-6(8)10-2/h3-10,12,19H,11H2,1-2H3;3-4H2,1-2H3. The summed E-state index contributed by atoms with van der Waals surface area (Å²) in [6.45, 7) is 4.27. The van der Waals surface area contributed by atoms with E-state index in [0.29, 0.717) is 27.7 Å². The zero-order chi connectivity index (χ0) is 28.5. The smallest absolute Gasteiger partial charge is 0.414 e. The Morgan fingerprint density at radius 1 is 1.03 bits per heavy atom. The Bertz CT molecular complexity index is 1480. The van der Waals surface area contributed by atoms with Gasteiger partial charge in [0.2, 0.25) is 0 Å². The van der Waals surface area contributed by atoms with E-state index in [1.54, 1.807) is 30.3 Å². The fourth-order valence-electron chi connectivity index (χ4n) is 4.48. The highest BCUT2D eigenvalue weighted by Gasteiger charge is 2.45. The number of fused-ring (bicyclic) bond motifs is 4. The van der Waals surface area contributed by atoms with Crippen molar-refractivity contribution in [3.8, 4) is 11.3 Å². The molecule has 9 nitrogen and oxygen atoms in total. The van der Waals surface area contributed by atoms with Gasteiger partial charge < -0.3 is 14.2 Å². The summed E-state index contributed by atoms with van der Waals surface area (Å²) in [4.78, 5) is 47.6. The number of anilines is 1. The molecular weight excluding hydrogens is 514 g/mol. The van der Waals surface area contributed by atoms with E-state index in [1.807, 2.05) is 13.8 Å². The van der Waals surface area contributed by atoms with Crippen molar-refractivity contribution in [1.82, 2.24) is 4.57 Å². The largest absolute Gasteiger partial charge is 0.469 e. The summed E-state index contributed by atoms with van der Waals surface area (Å²) in [5.74, 6) is -0.647. The summed E-state index contributed by atoms with van der Waals surface area (Å²) in [5, 5.41) is 0.685. The van der Waals surface area contributed by atoms with Crippen LogP contribution in [0.2, 0.25) is 0 Å². The average molecular weight is 543 g/mol. The second kappa shape index (κ2) is 10.8. The van der Waals surface area contributed by atoms with Crippen LogP contribution in [0.15, 0.2) is 53.3 Å². The molecule has 0 N–H and O–H groups in total. The first-order chi connectivity index (χ1) is 18.5. The van der Waals surface area contributed by atoms with Crippen molar-refractivity contribution >= 4 is 34.5 Å². The molecule has 11 heteroatoms. The number of nitrogens with zero attached hydrogens (tertiary/aromatic N) is 2. The van der Waals surface area contributed by atoms with E-state index in [1.165, 1.54) is 37.3 Å². The number of amides is 1. The van der Waals surface area contributed by atoms with Crippen molar-refractivity contribution in [2.45, 2.75) is 38.8 Å². The molecule has 2 aromatic carbocycles. The molecule has 1 atom stereocenters. The number of aromatic nitrogens is 1. The van der Waals surface area contributed by atoms with Crippen LogP contribution in [0.3, 0.4) is 0 Å². The molecule has 0 radical (unpaired) electrons. The molecule has 1 amide bonds. The first-order valence-electron chi connectivity index (χ1n) is 12.3. The van der Waals surface area contributed by atoms with Crippen LogP contribution in [0.5, 0.6) is 0 Å². The van der Waals surface area contributed by atoms with E-state index in [9.17, 15) is 19.2 Å². The highest BCUT2D eigenvalue weighted by molar-refractivity contribution is 5.95. The van der Waals surface area contributed by atoms with Gasteiger partial charge >= 0.3 is 24.1 Å². The molecule has 1 unspecified atom stereocenters. The number of cyclic esters (lactones) is 1. The molecule has 1 saturated heterocycles. The molecular formula is C28H28F2N2O7. The van der Waals surface area contributed by atoms with Crippen molar-refractivity contribution in [3.63, 3.8) is 0 Å². The second-order valence-corrected chi connectivity index (χ2v) is 9.46. The molecule has 206 valence electrons. The molecule has 0 bridgehead atoms. The van der Waals surface area contributed by atoms with E-state index in [2.05, 4.69) is 9.47 Å². The van der Waals surface area contributed by atoms with Gasteiger partial charge in [0.25, 0.3) is 5.56 Å². The molecule has 3 aromatic rings. The van der Waals surface area contributed by atoms with Crippen molar-refractivity contribution in [2.24, 2.45) is 5.92 Å². The number of hydrogen-bond donors (Lipinski definition) is 0. The summed E-state index contributed by atoms with van der Waals surface area (Å²) < 4.78 is 44.5. The third kappa shape index (κ3) is 5.21. The van der Waals surface area contributed by atoms with Gasteiger partial charge in [0.05, 0.1) is 44.9 Å². The SMILES string of the molecule is CC(C)C1CN(c2ccc3cc4n(c(=O)c3c2)C(F)(F)c2ccccc2-4)C(=O)O1.COC(=O)CCC(=O)OC. The zero-order valence-corrected chi connectivity index (χ0v) is 21.9. The van der Waals surface area contributed by atoms with Crippen molar-refractivity contribution in [2.75, 3.05) is 25.7 Å². The Kier molecular flexibility index (Phi) is 7.71. The van der Waals surface area contributed by atoms with Gasteiger partial charge in [-0.25, -0.2) is 9.36 Å². The summed E-state index contributed by atoms with van der Waals surface area (Å²) in [6, 6.07) is 9.19. The highest BCUT2D eigenvalue weighted by atomic mass is 19.3. The van der Waals surface area contributed by atoms with Crippen LogP contribution in [0.1, 0.15) is 32.3 Å².